The van der Waals surface area contributed by atoms with Crippen LogP contribution in [0.1, 0.15) is 35.6 Å². The van der Waals surface area contributed by atoms with Crippen LogP contribution < -0.4 is 0 Å². The van der Waals surface area contributed by atoms with Crippen LogP contribution in [0.2, 0.25) is 0 Å². The minimum Gasteiger partial charge on any atom is -0.192 e. The molecular weight excluding hydrogens is 170 g/mol. The first-order valence-electron chi connectivity index (χ1n) is 4.79. The fourth-order valence-corrected chi connectivity index (χ4v) is 1.54. The quantitative estimate of drug-likeness (QED) is 0.690. The minimum absolute atomic E-state index is 0.750. The van der Waals surface area contributed by atoms with E-state index in [1.165, 1.54) is 5.56 Å². The Labute approximate surface area is 85.7 Å². The van der Waals surface area contributed by atoms with Crippen LogP contribution in [0.25, 0.3) is 5.57 Å². The molecule has 0 saturated carbocycles. The Morgan fingerprint density at radius 2 is 2.00 bits per heavy atom. The standard InChI is InChI=1S/C13H15N/c1-5-9(2)13-7-12(8-14)10(3)6-11(13)4/h6-7H,2,5H2,1,3-4H3. The normalized spacial score (nSPS) is 9.57. The van der Waals surface area contributed by atoms with Gasteiger partial charge in [0.25, 0.3) is 0 Å². The van der Waals surface area contributed by atoms with Crippen molar-refractivity contribution in [2.24, 2.45) is 0 Å². The van der Waals surface area contributed by atoms with Gasteiger partial charge in [-0.1, -0.05) is 19.6 Å². The molecule has 1 heteroatoms. The van der Waals surface area contributed by atoms with Gasteiger partial charge in [-0.15, -0.1) is 0 Å². The van der Waals surface area contributed by atoms with Crippen LogP contribution in [0.5, 0.6) is 0 Å². The van der Waals surface area contributed by atoms with Crippen molar-refractivity contribution in [3.63, 3.8) is 0 Å². The van der Waals surface area contributed by atoms with Crippen molar-refractivity contribution in [3.8, 4) is 6.07 Å². The monoisotopic (exact) mass is 185 g/mol. The van der Waals surface area contributed by atoms with E-state index in [0.717, 1.165) is 28.7 Å². The zero-order valence-corrected chi connectivity index (χ0v) is 9.02. The molecule has 0 saturated heterocycles. The average Bonchev–Trinajstić information content (AvgIpc) is 2.17. The number of aryl methyl sites for hydroxylation is 2. The molecule has 14 heavy (non-hydrogen) atoms. The summed E-state index contributed by atoms with van der Waals surface area (Å²) in [5, 5.41) is 8.91. The third kappa shape index (κ3) is 1.85. The number of nitriles is 1. The summed E-state index contributed by atoms with van der Waals surface area (Å²) in [5.41, 5.74) is 5.21. The van der Waals surface area contributed by atoms with Crippen molar-refractivity contribution in [2.75, 3.05) is 0 Å². The van der Waals surface area contributed by atoms with E-state index in [4.69, 9.17) is 5.26 Å². The van der Waals surface area contributed by atoms with Gasteiger partial charge in [-0.25, -0.2) is 0 Å². The van der Waals surface area contributed by atoms with Gasteiger partial charge in [-0.2, -0.15) is 5.26 Å². The molecule has 0 heterocycles. The van der Waals surface area contributed by atoms with Gasteiger partial charge in [0.1, 0.15) is 0 Å². The topological polar surface area (TPSA) is 23.8 Å². The van der Waals surface area contributed by atoms with Crippen LogP contribution >= 0.6 is 0 Å². The molecule has 0 unspecified atom stereocenters. The fraction of sp³-hybridized carbons (Fsp3) is 0.308. The Balaban J connectivity index is 3.33. The molecule has 1 nitrogen and oxygen atoms in total. The summed E-state index contributed by atoms with van der Waals surface area (Å²) in [6, 6.07) is 6.19. The van der Waals surface area contributed by atoms with Gasteiger partial charge in [-0.3, -0.25) is 0 Å². The van der Waals surface area contributed by atoms with E-state index in [2.05, 4.69) is 32.6 Å². The van der Waals surface area contributed by atoms with Crippen molar-refractivity contribution in [1.29, 1.82) is 5.26 Å². The molecule has 0 aromatic heterocycles. The molecule has 72 valence electrons. The van der Waals surface area contributed by atoms with Crippen molar-refractivity contribution in [1.82, 2.24) is 0 Å². The van der Waals surface area contributed by atoms with Crippen molar-refractivity contribution >= 4 is 5.57 Å². The highest BCUT2D eigenvalue weighted by atomic mass is 14.2. The number of allylic oxidation sites excluding steroid dienone is 1. The summed E-state index contributed by atoms with van der Waals surface area (Å²) >= 11 is 0. The molecular formula is C13H15N. The van der Waals surface area contributed by atoms with Crippen molar-refractivity contribution < 1.29 is 0 Å². The summed E-state index contributed by atoms with van der Waals surface area (Å²) in [4.78, 5) is 0. The van der Waals surface area contributed by atoms with E-state index < -0.39 is 0 Å². The predicted octanol–water partition coefficient (Wildman–Crippen LogP) is 3.60. The third-order valence-electron chi connectivity index (χ3n) is 2.50. The van der Waals surface area contributed by atoms with E-state index >= 15 is 0 Å². The number of hydrogen-bond acceptors (Lipinski definition) is 1. The molecule has 0 amide bonds. The number of nitrogens with zero attached hydrogens (tertiary/aromatic N) is 1. The first-order chi connectivity index (χ1) is 6.60. The Morgan fingerprint density at radius 3 is 2.50 bits per heavy atom. The van der Waals surface area contributed by atoms with E-state index in [1.54, 1.807) is 0 Å². The highest BCUT2D eigenvalue weighted by Crippen LogP contribution is 2.23. The summed E-state index contributed by atoms with van der Waals surface area (Å²) < 4.78 is 0. The molecule has 0 spiro atoms. The maximum absolute atomic E-state index is 8.91. The van der Waals surface area contributed by atoms with Gasteiger partial charge >= 0.3 is 0 Å². The lowest BCUT2D eigenvalue weighted by Crippen LogP contribution is -1.92. The molecule has 1 rings (SSSR count). The molecule has 0 radical (unpaired) electrons. The lowest BCUT2D eigenvalue weighted by Gasteiger charge is -2.09. The second-order valence-electron chi connectivity index (χ2n) is 3.55. The molecule has 0 aliphatic rings. The highest BCUT2D eigenvalue weighted by Gasteiger charge is 2.05. The Morgan fingerprint density at radius 1 is 1.36 bits per heavy atom. The summed E-state index contributed by atoms with van der Waals surface area (Å²) in [6.07, 6.45) is 0.925. The Hall–Kier alpha value is -1.55. The van der Waals surface area contributed by atoms with E-state index in [1.807, 2.05) is 13.0 Å². The number of hydrogen-bond donors (Lipinski definition) is 0. The number of rotatable bonds is 2. The zero-order valence-electron chi connectivity index (χ0n) is 9.02. The first kappa shape index (κ1) is 10.5. The maximum atomic E-state index is 8.91. The molecule has 0 bridgehead atoms. The molecule has 0 N–H and O–H groups in total. The maximum Gasteiger partial charge on any atom is 0.0994 e. The van der Waals surface area contributed by atoms with Crippen LogP contribution in [-0.2, 0) is 0 Å². The smallest absolute Gasteiger partial charge is 0.0994 e. The van der Waals surface area contributed by atoms with E-state index in [9.17, 15) is 0 Å². The average molecular weight is 185 g/mol. The largest absolute Gasteiger partial charge is 0.192 e. The molecule has 1 aromatic carbocycles. The Bertz CT molecular complexity index is 408. The summed E-state index contributed by atoms with van der Waals surface area (Å²) in [6.45, 7) is 10.1. The Kier molecular flexibility index (Phi) is 3.09. The van der Waals surface area contributed by atoms with Gasteiger partial charge < -0.3 is 0 Å². The predicted molar refractivity (Wildman–Crippen MR) is 60.0 cm³/mol. The number of benzene rings is 1. The molecule has 1 aromatic rings. The molecule has 0 fully saturated rings. The van der Waals surface area contributed by atoms with Gasteiger partial charge in [-0.05, 0) is 48.6 Å². The van der Waals surface area contributed by atoms with Crippen LogP contribution in [0.4, 0.5) is 0 Å². The van der Waals surface area contributed by atoms with Gasteiger partial charge in [0.15, 0.2) is 0 Å². The van der Waals surface area contributed by atoms with Gasteiger partial charge in [0.05, 0.1) is 11.6 Å². The van der Waals surface area contributed by atoms with E-state index in [-0.39, 0.29) is 0 Å². The van der Waals surface area contributed by atoms with Gasteiger partial charge in [0.2, 0.25) is 0 Å². The SMILES string of the molecule is C=C(CC)c1cc(C#N)c(C)cc1C. The molecule has 0 aliphatic heterocycles. The zero-order chi connectivity index (χ0) is 10.7. The highest BCUT2D eigenvalue weighted by molar-refractivity contribution is 5.68. The minimum atomic E-state index is 0.750. The van der Waals surface area contributed by atoms with Crippen molar-refractivity contribution in [2.45, 2.75) is 27.2 Å². The lowest BCUT2D eigenvalue weighted by atomic mass is 9.95. The first-order valence-corrected chi connectivity index (χ1v) is 4.79. The van der Waals surface area contributed by atoms with E-state index in [0.29, 0.717) is 0 Å². The summed E-state index contributed by atoms with van der Waals surface area (Å²) in [5.74, 6) is 0. The third-order valence-corrected chi connectivity index (χ3v) is 2.50. The molecule has 0 atom stereocenters. The molecule has 0 aliphatic carbocycles. The second-order valence-corrected chi connectivity index (χ2v) is 3.55. The van der Waals surface area contributed by atoms with Crippen LogP contribution in [0, 0.1) is 25.2 Å². The lowest BCUT2D eigenvalue weighted by molar-refractivity contribution is 1.22. The van der Waals surface area contributed by atoms with Crippen LogP contribution in [0.15, 0.2) is 18.7 Å². The van der Waals surface area contributed by atoms with Crippen molar-refractivity contribution in [3.05, 3.63) is 41.0 Å². The van der Waals surface area contributed by atoms with Gasteiger partial charge in [0, 0.05) is 0 Å². The second kappa shape index (κ2) is 4.11. The fourth-order valence-electron chi connectivity index (χ4n) is 1.54. The van der Waals surface area contributed by atoms with Crippen LogP contribution in [0.3, 0.4) is 0 Å². The van der Waals surface area contributed by atoms with Crippen LogP contribution in [-0.4, -0.2) is 0 Å². The summed E-state index contributed by atoms with van der Waals surface area (Å²) in [7, 11) is 0.